The Kier molecular flexibility index (Phi) is 5.89. The van der Waals surface area contributed by atoms with E-state index in [0.29, 0.717) is 42.2 Å². The predicted molar refractivity (Wildman–Crippen MR) is 111 cm³/mol. The number of rotatable bonds is 6. The van der Waals surface area contributed by atoms with Gasteiger partial charge in [0.1, 0.15) is 24.3 Å². The van der Waals surface area contributed by atoms with E-state index in [9.17, 15) is 9.90 Å². The first-order chi connectivity index (χ1) is 14.1. The van der Waals surface area contributed by atoms with Crippen molar-refractivity contribution in [1.29, 1.82) is 0 Å². The van der Waals surface area contributed by atoms with Crippen molar-refractivity contribution < 1.29 is 14.6 Å². The number of β-amino-alcohol motifs (C(OH)–C–C–N with tert-alkyl or cyclic N) is 1. The van der Waals surface area contributed by atoms with Crippen molar-refractivity contribution in [2.75, 3.05) is 39.5 Å². The molecule has 1 fully saturated rings. The van der Waals surface area contributed by atoms with Gasteiger partial charge in [-0.1, -0.05) is 12.1 Å². The molecular weight excluding hydrogens is 370 g/mol. The molecule has 1 aliphatic heterocycles. The highest BCUT2D eigenvalue weighted by Gasteiger charge is 2.15. The van der Waals surface area contributed by atoms with E-state index in [4.69, 9.17) is 9.47 Å². The maximum absolute atomic E-state index is 12.9. The molecular formula is C22H25N3O4. The number of ether oxygens (including phenoxy) is 2. The first kappa shape index (κ1) is 19.6. The Morgan fingerprint density at radius 2 is 1.86 bits per heavy atom. The molecule has 0 amide bonds. The molecule has 2 aromatic carbocycles. The van der Waals surface area contributed by atoms with Gasteiger partial charge in [-0.15, -0.1) is 0 Å². The van der Waals surface area contributed by atoms with Gasteiger partial charge in [-0.2, -0.15) is 0 Å². The number of aromatic nitrogens is 2. The lowest BCUT2D eigenvalue weighted by atomic mass is 10.2. The predicted octanol–water partition coefficient (Wildman–Crippen LogP) is 1.77. The third-order valence-electron chi connectivity index (χ3n) is 5.05. The van der Waals surface area contributed by atoms with Crippen LogP contribution in [0.1, 0.15) is 5.82 Å². The highest BCUT2D eigenvalue weighted by atomic mass is 16.5. The van der Waals surface area contributed by atoms with Gasteiger partial charge >= 0.3 is 0 Å². The van der Waals surface area contributed by atoms with Gasteiger partial charge in [0.05, 0.1) is 29.8 Å². The fraction of sp³-hybridized carbons (Fsp3) is 0.364. The van der Waals surface area contributed by atoms with E-state index in [-0.39, 0.29) is 12.2 Å². The quantitative estimate of drug-likeness (QED) is 0.686. The molecule has 7 heteroatoms. The van der Waals surface area contributed by atoms with Crippen LogP contribution in [0.2, 0.25) is 0 Å². The van der Waals surface area contributed by atoms with Gasteiger partial charge in [0.25, 0.3) is 5.56 Å². The number of morpholine rings is 1. The number of para-hydroxylation sites is 1. The molecule has 1 unspecified atom stereocenters. The van der Waals surface area contributed by atoms with Crippen LogP contribution in [0.25, 0.3) is 16.6 Å². The van der Waals surface area contributed by atoms with Gasteiger partial charge in [0.15, 0.2) is 0 Å². The molecule has 29 heavy (non-hydrogen) atoms. The molecule has 0 radical (unpaired) electrons. The number of fused-ring (bicyclic) bond motifs is 1. The number of nitrogens with zero attached hydrogens (tertiary/aromatic N) is 3. The van der Waals surface area contributed by atoms with Gasteiger partial charge in [-0.3, -0.25) is 14.3 Å². The number of benzene rings is 2. The molecule has 4 rings (SSSR count). The highest BCUT2D eigenvalue weighted by molar-refractivity contribution is 5.77. The van der Waals surface area contributed by atoms with Gasteiger partial charge in [-0.05, 0) is 43.3 Å². The summed E-state index contributed by atoms with van der Waals surface area (Å²) in [5, 5.41) is 10.8. The normalized spacial score (nSPS) is 16.1. The first-order valence-corrected chi connectivity index (χ1v) is 9.81. The summed E-state index contributed by atoms with van der Waals surface area (Å²) in [6.07, 6.45) is -0.567. The zero-order chi connectivity index (χ0) is 20.2. The standard InChI is InChI=1S/C22H25N3O4/c1-16-23-21-5-3-2-4-20(21)22(27)25(16)17-6-8-19(9-7-17)29-15-18(26)14-24-10-12-28-13-11-24/h2-9,18,26H,10-15H2,1H3. The van der Waals surface area contributed by atoms with Crippen LogP contribution in [0.15, 0.2) is 53.3 Å². The number of aryl methyl sites for hydroxylation is 1. The van der Waals surface area contributed by atoms with E-state index < -0.39 is 6.10 Å². The molecule has 1 N–H and O–H groups in total. The molecule has 152 valence electrons. The molecule has 0 saturated carbocycles. The zero-order valence-corrected chi connectivity index (χ0v) is 16.5. The Bertz CT molecular complexity index is 1030. The fourth-order valence-electron chi connectivity index (χ4n) is 3.57. The summed E-state index contributed by atoms with van der Waals surface area (Å²) in [6, 6.07) is 14.6. The monoisotopic (exact) mass is 395 g/mol. The van der Waals surface area contributed by atoms with Crippen LogP contribution in [0.3, 0.4) is 0 Å². The molecule has 7 nitrogen and oxygen atoms in total. The first-order valence-electron chi connectivity index (χ1n) is 9.81. The Morgan fingerprint density at radius 1 is 1.14 bits per heavy atom. The van der Waals surface area contributed by atoms with E-state index >= 15 is 0 Å². The number of aliphatic hydroxyl groups is 1. The summed E-state index contributed by atoms with van der Waals surface area (Å²) < 4.78 is 12.6. The minimum absolute atomic E-state index is 0.0947. The second kappa shape index (κ2) is 8.73. The van der Waals surface area contributed by atoms with Crippen molar-refractivity contribution in [2.45, 2.75) is 13.0 Å². The third kappa shape index (κ3) is 4.48. The van der Waals surface area contributed by atoms with Gasteiger partial charge in [-0.25, -0.2) is 4.98 Å². The fourth-order valence-corrected chi connectivity index (χ4v) is 3.57. The summed E-state index contributed by atoms with van der Waals surface area (Å²) in [7, 11) is 0. The van der Waals surface area contributed by atoms with E-state index in [0.717, 1.165) is 18.8 Å². The Morgan fingerprint density at radius 3 is 2.62 bits per heavy atom. The average molecular weight is 395 g/mol. The van der Waals surface area contributed by atoms with Crippen molar-refractivity contribution in [3.63, 3.8) is 0 Å². The minimum atomic E-state index is -0.567. The van der Waals surface area contributed by atoms with Crippen LogP contribution in [0, 0.1) is 6.92 Å². The minimum Gasteiger partial charge on any atom is -0.491 e. The van der Waals surface area contributed by atoms with E-state index in [1.165, 1.54) is 0 Å². The summed E-state index contributed by atoms with van der Waals surface area (Å²) in [6.45, 7) is 5.68. The van der Waals surface area contributed by atoms with E-state index in [1.54, 1.807) is 22.8 Å². The molecule has 1 atom stereocenters. The lowest BCUT2D eigenvalue weighted by Crippen LogP contribution is -2.42. The largest absolute Gasteiger partial charge is 0.491 e. The molecule has 1 saturated heterocycles. The van der Waals surface area contributed by atoms with Crippen molar-refractivity contribution in [2.24, 2.45) is 0 Å². The molecule has 0 spiro atoms. The summed E-state index contributed by atoms with van der Waals surface area (Å²) in [4.78, 5) is 19.6. The Balaban J connectivity index is 1.44. The molecule has 0 aliphatic carbocycles. The van der Waals surface area contributed by atoms with Crippen LogP contribution < -0.4 is 10.3 Å². The van der Waals surface area contributed by atoms with Crippen LogP contribution in [0.5, 0.6) is 5.75 Å². The van der Waals surface area contributed by atoms with Gasteiger partial charge < -0.3 is 14.6 Å². The van der Waals surface area contributed by atoms with Crippen LogP contribution in [-0.2, 0) is 4.74 Å². The third-order valence-corrected chi connectivity index (χ3v) is 5.05. The van der Waals surface area contributed by atoms with E-state index in [2.05, 4.69) is 9.88 Å². The van der Waals surface area contributed by atoms with Crippen molar-refractivity contribution >= 4 is 10.9 Å². The van der Waals surface area contributed by atoms with Gasteiger partial charge in [0, 0.05) is 19.6 Å². The summed E-state index contributed by atoms with van der Waals surface area (Å²) in [5.74, 6) is 1.28. The highest BCUT2D eigenvalue weighted by Crippen LogP contribution is 2.17. The summed E-state index contributed by atoms with van der Waals surface area (Å²) in [5.41, 5.74) is 1.33. The van der Waals surface area contributed by atoms with Gasteiger partial charge in [0.2, 0.25) is 0 Å². The lowest BCUT2D eigenvalue weighted by Gasteiger charge is -2.28. The second-order valence-electron chi connectivity index (χ2n) is 7.19. The maximum Gasteiger partial charge on any atom is 0.265 e. The molecule has 3 aromatic rings. The molecule has 1 aliphatic rings. The molecule has 0 bridgehead atoms. The SMILES string of the molecule is Cc1nc2ccccc2c(=O)n1-c1ccc(OCC(O)CN2CCOCC2)cc1. The number of aliphatic hydroxyl groups excluding tert-OH is 1. The van der Waals surface area contributed by atoms with Crippen LogP contribution >= 0.6 is 0 Å². The van der Waals surface area contributed by atoms with Crippen LogP contribution in [-0.4, -0.2) is 65.1 Å². The van der Waals surface area contributed by atoms with E-state index in [1.807, 2.05) is 37.3 Å². The summed E-state index contributed by atoms with van der Waals surface area (Å²) >= 11 is 0. The topological polar surface area (TPSA) is 76.8 Å². The zero-order valence-electron chi connectivity index (χ0n) is 16.5. The maximum atomic E-state index is 12.9. The molecule has 1 aromatic heterocycles. The Labute approximate surface area is 169 Å². The van der Waals surface area contributed by atoms with Crippen LogP contribution in [0.4, 0.5) is 0 Å². The molecule has 2 heterocycles. The number of hydrogen-bond donors (Lipinski definition) is 1. The Hall–Kier alpha value is -2.74. The van der Waals surface area contributed by atoms with Crippen molar-refractivity contribution in [3.05, 3.63) is 64.7 Å². The number of hydrogen-bond acceptors (Lipinski definition) is 6. The van der Waals surface area contributed by atoms with Crippen molar-refractivity contribution in [3.8, 4) is 11.4 Å². The van der Waals surface area contributed by atoms with Crippen molar-refractivity contribution in [1.82, 2.24) is 14.5 Å². The second-order valence-corrected chi connectivity index (χ2v) is 7.19. The smallest absolute Gasteiger partial charge is 0.265 e. The average Bonchev–Trinajstić information content (AvgIpc) is 2.74. The lowest BCUT2D eigenvalue weighted by molar-refractivity contribution is 0.00465.